The molecule has 3 rings (SSSR count). The van der Waals surface area contributed by atoms with Gasteiger partial charge in [0.1, 0.15) is 6.61 Å². The molecule has 0 aliphatic heterocycles. The summed E-state index contributed by atoms with van der Waals surface area (Å²) in [5, 5.41) is 3.74. The summed E-state index contributed by atoms with van der Waals surface area (Å²) in [5.74, 6) is 1.55. The van der Waals surface area contributed by atoms with E-state index >= 15 is 0 Å². The minimum atomic E-state index is 0.253. The number of rotatable bonds is 6. The van der Waals surface area contributed by atoms with Gasteiger partial charge in [0.15, 0.2) is 11.5 Å². The van der Waals surface area contributed by atoms with Crippen LogP contribution in [0, 0.1) is 0 Å². The van der Waals surface area contributed by atoms with Gasteiger partial charge in [-0.2, -0.15) is 0 Å². The summed E-state index contributed by atoms with van der Waals surface area (Å²) in [5.41, 5.74) is 8.41. The van der Waals surface area contributed by atoms with Gasteiger partial charge in [0.05, 0.1) is 18.4 Å². The first kappa shape index (κ1) is 15.0. The lowest BCUT2D eigenvalue weighted by atomic mass is 10.1. The van der Waals surface area contributed by atoms with Crippen molar-refractivity contribution in [2.75, 3.05) is 12.3 Å². The molecule has 1 aromatic heterocycles. The molecule has 1 heterocycles. The molecule has 0 bridgehead atoms. The number of benzene rings is 2. The van der Waals surface area contributed by atoms with Gasteiger partial charge in [-0.15, -0.1) is 0 Å². The first-order valence-electron chi connectivity index (χ1n) is 7.42. The van der Waals surface area contributed by atoms with E-state index in [9.17, 15) is 0 Å². The molecule has 0 aliphatic rings. The summed E-state index contributed by atoms with van der Waals surface area (Å²) in [4.78, 5) is 0. The standard InChI is InChI=1S/C18H18N2O3/c1-2-21-16-10-6-9-14(15-11-20-23-18(15)19)17(16)22-12-13-7-4-3-5-8-13/h3-11H,2,12,19H2,1H3. The minimum Gasteiger partial charge on any atom is -0.490 e. The normalized spacial score (nSPS) is 10.5. The Morgan fingerprint density at radius 1 is 1.00 bits per heavy atom. The Morgan fingerprint density at radius 2 is 1.83 bits per heavy atom. The average molecular weight is 310 g/mol. The topological polar surface area (TPSA) is 70.5 Å². The molecule has 118 valence electrons. The van der Waals surface area contributed by atoms with Gasteiger partial charge in [-0.1, -0.05) is 47.6 Å². The summed E-state index contributed by atoms with van der Waals surface area (Å²) < 4.78 is 16.7. The number of nitrogen functional groups attached to an aromatic ring is 1. The van der Waals surface area contributed by atoms with Gasteiger partial charge in [0.25, 0.3) is 0 Å². The first-order chi connectivity index (χ1) is 11.3. The van der Waals surface area contributed by atoms with Crippen LogP contribution < -0.4 is 15.2 Å². The third-order valence-corrected chi connectivity index (χ3v) is 3.39. The summed E-state index contributed by atoms with van der Waals surface area (Å²) in [6, 6.07) is 15.6. The van der Waals surface area contributed by atoms with Gasteiger partial charge in [-0.25, -0.2) is 0 Å². The number of anilines is 1. The molecule has 2 aromatic carbocycles. The van der Waals surface area contributed by atoms with Crippen molar-refractivity contribution in [3.8, 4) is 22.6 Å². The third-order valence-electron chi connectivity index (χ3n) is 3.39. The van der Waals surface area contributed by atoms with Crippen molar-refractivity contribution < 1.29 is 14.0 Å². The number of aromatic nitrogens is 1. The maximum atomic E-state index is 6.04. The second kappa shape index (κ2) is 6.87. The number of hydrogen-bond acceptors (Lipinski definition) is 5. The van der Waals surface area contributed by atoms with Crippen molar-refractivity contribution in [2.24, 2.45) is 0 Å². The van der Waals surface area contributed by atoms with E-state index in [4.69, 9.17) is 19.7 Å². The van der Waals surface area contributed by atoms with Crippen LogP contribution >= 0.6 is 0 Å². The maximum Gasteiger partial charge on any atom is 0.230 e. The van der Waals surface area contributed by atoms with E-state index in [2.05, 4.69) is 5.16 Å². The summed E-state index contributed by atoms with van der Waals surface area (Å²) in [6.07, 6.45) is 1.58. The van der Waals surface area contributed by atoms with E-state index in [0.717, 1.165) is 11.1 Å². The second-order valence-corrected chi connectivity index (χ2v) is 4.94. The molecule has 0 saturated heterocycles. The molecule has 0 fully saturated rings. The number of ether oxygens (including phenoxy) is 2. The minimum absolute atomic E-state index is 0.253. The van der Waals surface area contributed by atoms with Gasteiger partial charge in [0.2, 0.25) is 5.88 Å². The molecular weight excluding hydrogens is 292 g/mol. The number of para-hydroxylation sites is 1. The molecule has 0 spiro atoms. The number of hydrogen-bond donors (Lipinski definition) is 1. The average Bonchev–Trinajstić information content (AvgIpc) is 3.00. The van der Waals surface area contributed by atoms with Gasteiger partial charge in [-0.3, -0.25) is 0 Å². The van der Waals surface area contributed by atoms with Crippen molar-refractivity contribution in [2.45, 2.75) is 13.5 Å². The Morgan fingerprint density at radius 3 is 2.52 bits per heavy atom. The van der Waals surface area contributed by atoms with Gasteiger partial charge in [-0.05, 0) is 18.6 Å². The van der Waals surface area contributed by atoms with Crippen LogP contribution in [0.2, 0.25) is 0 Å². The number of nitrogens with zero attached hydrogens (tertiary/aromatic N) is 1. The van der Waals surface area contributed by atoms with Gasteiger partial charge >= 0.3 is 0 Å². The van der Waals surface area contributed by atoms with E-state index in [1.165, 1.54) is 0 Å². The Kier molecular flexibility index (Phi) is 4.47. The highest BCUT2D eigenvalue weighted by Crippen LogP contribution is 2.40. The van der Waals surface area contributed by atoms with Crippen LogP contribution in [0.3, 0.4) is 0 Å². The molecule has 23 heavy (non-hydrogen) atoms. The molecule has 3 aromatic rings. The molecule has 0 unspecified atom stereocenters. The highest BCUT2D eigenvalue weighted by molar-refractivity contribution is 5.79. The van der Waals surface area contributed by atoms with Crippen LogP contribution in [0.15, 0.2) is 59.3 Å². The summed E-state index contributed by atoms with van der Waals surface area (Å²) >= 11 is 0. The lowest BCUT2D eigenvalue weighted by molar-refractivity contribution is 0.270. The fourth-order valence-corrected chi connectivity index (χ4v) is 2.33. The molecule has 0 amide bonds. The molecule has 0 radical (unpaired) electrons. The fraction of sp³-hybridized carbons (Fsp3) is 0.167. The van der Waals surface area contributed by atoms with E-state index in [1.54, 1.807) is 6.20 Å². The zero-order valence-electron chi connectivity index (χ0n) is 12.9. The molecule has 5 heteroatoms. The van der Waals surface area contributed by atoms with E-state index in [1.807, 2.05) is 55.5 Å². The Labute approximate surface area is 134 Å². The van der Waals surface area contributed by atoms with E-state index < -0.39 is 0 Å². The monoisotopic (exact) mass is 310 g/mol. The third kappa shape index (κ3) is 3.29. The Balaban J connectivity index is 1.96. The van der Waals surface area contributed by atoms with Crippen molar-refractivity contribution in [3.05, 3.63) is 60.3 Å². The van der Waals surface area contributed by atoms with Crippen LogP contribution in [0.1, 0.15) is 12.5 Å². The van der Waals surface area contributed by atoms with Crippen LogP contribution in [0.25, 0.3) is 11.1 Å². The maximum absolute atomic E-state index is 6.04. The van der Waals surface area contributed by atoms with Crippen molar-refractivity contribution in [1.29, 1.82) is 0 Å². The van der Waals surface area contributed by atoms with Crippen LogP contribution in [-0.4, -0.2) is 11.8 Å². The van der Waals surface area contributed by atoms with Crippen molar-refractivity contribution in [1.82, 2.24) is 5.16 Å². The SMILES string of the molecule is CCOc1cccc(-c2cnoc2N)c1OCc1ccccc1. The molecule has 5 nitrogen and oxygen atoms in total. The Hall–Kier alpha value is -2.95. The zero-order valence-corrected chi connectivity index (χ0v) is 12.9. The summed E-state index contributed by atoms with van der Waals surface area (Å²) in [6.45, 7) is 2.91. The predicted molar refractivity (Wildman–Crippen MR) is 88.3 cm³/mol. The molecule has 0 saturated carbocycles. The van der Waals surface area contributed by atoms with Crippen molar-refractivity contribution in [3.63, 3.8) is 0 Å². The van der Waals surface area contributed by atoms with Crippen LogP contribution in [-0.2, 0) is 6.61 Å². The molecular formula is C18H18N2O3. The van der Waals surface area contributed by atoms with Gasteiger partial charge in [0, 0.05) is 5.56 Å². The first-order valence-corrected chi connectivity index (χ1v) is 7.42. The predicted octanol–water partition coefficient (Wildman–Crippen LogP) is 3.90. The van der Waals surface area contributed by atoms with Crippen LogP contribution in [0.4, 0.5) is 5.88 Å². The lowest BCUT2D eigenvalue weighted by Gasteiger charge is -2.15. The van der Waals surface area contributed by atoms with Crippen LogP contribution in [0.5, 0.6) is 11.5 Å². The quantitative estimate of drug-likeness (QED) is 0.747. The second-order valence-electron chi connectivity index (χ2n) is 4.94. The highest BCUT2D eigenvalue weighted by atomic mass is 16.5. The highest BCUT2D eigenvalue weighted by Gasteiger charge is 2.17. The van der Waals surface area contributed by atoms with E-state index in [0.29, 0.717) is 30.3 Å². The smallest absolute Gasteiger partial charge is 0.230 e. The van der Waals surface area contributed by atoms with E-state index in [-0.39, 0.29) is 5.88 Å². The van der Waals surface area contributed by atoms with Crippen molar-refractivity contribution >= 4 is 5.88 Å². The number of nitrogens with two attached hydrogens (primary N) is 1. The van der Waals surface area contributed by atoms with Gasteiger partial charge < -0.3 is 19.7 Å². The largest absolute Gasteiger partial charge is 0.490 e. The zero-order chi connectivity index (χ0) is 16.1. The lowest BCUT2D eigenvalue weighted by Crippen LogP contribution is -2.01. The molecule has 0 atom stereocenters. The molecule has 0 aliphatic carbocycles. The molecule has 2 N–H and O–H groups in total. The fourth-order valence-electron chi connectivity index (χ4n) is 2.33. The summed E-state index contributed by atoms with van der Waals surface area (Å²) in [7, 11) is 0. The Bertz CT molecular complexity index is 769.